The molecule has 0 aliphatic carbocycles. The summed E-state index contributed by atoms with van der Waals surface area (Å²) in [4.78, 5) is 2.33. The Morgan fingerprint density at radius 3 is 2.53 bits per heavy atom. The third-order valence-corrected chi connectivity index (χ3v) is 7.19. The zero-order valence-corrected chi connectivity index (χ0v) is 18.9. The van der Waals surface area contributed by atoms with Crippen molar-refractivity contribution in [3.8, 4) is 23.0 Å². The van der Waals surface area contributed by atoms with Crippen LogP contribution in [-0.4, -0.2) is 30.1 Å². The van der Waals surface area contributed by atoms with Crippen molar-refractivity contribution in [3.63, 3.8) is 0 Å². The molecule has 32 heavy (non-hydrogen) atoms. The average Bonchev–Trinajstić information content (AvgIpc) is 3.47. The van der Waals surface area contributed by atoms with Crippen molar-refractivity contribution >= 4 is 15.9 Å². The van der Waals surface area contributed by atoms with E-state index < -0.39 is 6.10 Å². The highest BCUT2D eigenvalue weighted by Crippen LogP contribution is 2.49. The lowest BCUT2D eigenvalue weighted by molar-refractivity contribution is 0.0352. The third-order valence-electron chi connectivity index (χ3n) is 6.37. The lowest BCUT2D eigenvalue weighted by Crippen LogP contribution is -2.38. The van der Waals surface area contributed by atoms with Gasteiger partial charge in [0, 0.05) is 18.7 Å². The van der Waals surface area contributed by atoms with E-state index in [1.807, 2.05) is 36.4 Å². The van der Waals surface area contributed by atoms with Crippen LogP contribution in [0.15, 0.2) is 59.1 Å². The second kappa shape index (κ2) is 7.99. The molecule has 3 aromatic rings. The van der Waals surface area contributed by atoms with Crippen molar-refractivity contribution in [2.75, 3.05) is 20.1 Å². The average molecular weight is 496 g/mol. The highest BCUT2D eigenvalue weighted by molar-refractivity contribution is 9.10. The molecule has 0 bridgehead atoms. The number of benzene rings is 3. The predicted octanol–water partition coefficient (Wildman–Crippen LogP) is 4.74. The number of hydrogen-bond donors (Lipinski definition) is 1. The summed E-state index contributed by atoms with van der Waals surface area (Å²) in [5.41, 5.74) is 4.22. The number of hydrogen-bond acceptors (Lipinski definition) is 6. The van der Waals surface area contributed by atoms with Crippen molar-refractivity contribution in [1.82, 2.24) is 4.90 Å². The van der Waals surface area contributed by atoms with Crippen LogP contribution < -0.4 is 18.9 Å². The molecule has 1 N–H and O–H groups in total. The number of aliphatic hydroxyl groups excluding tert-OH is 1. The van der Waals surface area contributed by atoms with Crippen molar-refractivity contribution in [1.29, 1.82) is 0 Å². The van der Waals surface area contributed by atoms with Crippen molar-refractivity contribution in [2.45, 2.75) is 25.1 Å². The van der Waals surface area contributed by atoms with Crippen LogP contribution >= 0.6 is 15.9 Å². The first-order chi connectivity index (χ1) is 15.7. The topological polar surface area (TPSA) is 60.4 Å². The van der Waals surface area contributed by atoms with Crippen LogP contribution in [0, 0.1) is 0 Å². The maximum atomic E-state index is 11.8. The highest BCUT2D eigenvalue weighted by Gasteiger charge is 2.37. The van der Waals surface area contributed by atoms with Crippen LogP contribution in [0.2, 0.25) is 0 Å². The van der Waals surface area contributed by atoms with Crippen molar-refractivity contribution in [2.24, 2.45) is 0 Å². The molecule has 0 amide bonds. The fourth-order valence-corrected chi connectivity index (χ4v) is 5.49. The molecule has 164 valence electrons. The van der Waals surface area contributed by atoms with E-state index >= 15 is 0 Å². The minimum absolute atomic E-state index is 0.184. The minimum Gasteiger partial charge on any atom is -0.454 e. The third kappa shape index (κ3) is 3.32. The largest absolute Gasteiger partial charge is 0.454 e. The van der Waals surface area contributed by atoms with Gasteiger partial charge in [0.2, 0.25) is 13.6 Å². The molecule has 2 atom stereocenters. The van der Waals surface area contributed by atoms with E-state index in [-0.39, 0.29) is 19.6 Å². The molecule has 0 fully saturated rings. The van der Waals surface area contributed by atoms with Gasteiger partial charge in [-0.1, -0.05) is 36.4 Å². The maximum absolute atomic E-state index is 11.8. The molecule has 0 spiro atoms. The lowest BCUT2D eigenvalue weighted by Gasteiger charge is -2.40. The monoisotopic (exact) mass is 495 g/mol. The number of nitrogens with zero attached hydrogens (tertiary/aromatic N) is 1. The Labute approximate surface area is 194 Å². The van der Waals surface area contributed by atoms with Crippen LogP contribution in [0.5, 0.6) is 23.0 Å². The van der Waals surface area contributed by atoms with Crippen molar-refractivity contribution < 1.29 is 24.1 Å². The Balaban J connectivity index is 1.43. The number of halogens is 1. The second-order valence-electron chi connectivity index (χ2n) is 8.20. The molecule has 3 aliphatic rings. The van der Waals surface area contributed by atoms with Crippen LogP contribution in [-0.2, 0) is 13.0 Å². The summed E-state index contributed by atoms with van der Waals surface area (Å²) in [7, 11) is 0. The van der Waals surface area contributed by atoms with Gasteiger partial charge in [0.05, 0.1) is 16.6 Å². The molecular formula is C25H22BrNO5. The Morgan fingerprint density at radius 2 is 1.69 bits per heavy atom. The summed E-state index contributed by atoms with van der Waals surface area (Å²) in [5, 5.41) is 11.8. The minimum atomic E-state index is -0.790. The van der Waals surface area contributed by atoms with Gasteiger partial charge in [-0.05, 0) is 57.2 Å². The maximum Gasteiger partial charge on any atom is 0.231 e. The Morgan fingerprint density at radius 1 is 0.938 bits per heavy atom. The van der Waals surface area contributed by atoms with Crippen LogP contribution in [0.4, 0.5) is 0 Å². The first-order valence-electron chi connectivity index (χ1n) is 10.7. The number of ether oxygens (including phenoxy) is 4. The van der Waals surface area contributed by atoms with Gasteiger partial charge in [-0.3, -0.25) is 4.90 Å². The molecule has 0 radical (unpaired) electrons. The van der Waals surface area contributed by atoms with Gasteiger partial charge < -0.3 is 24.1 Å². The standard InChI is InChI=1S/C25H22BrNO5/c26-22-17(6-7-19-25(22)32-14-29-19)24(28)23-18-11-21-20(30-13-31-21)10-16(18)8-9-27(23)12-15-4-2-1-3-5-15/h1-7,10-11,23-24,28H,8-9,12-14H2/t23-,24+/m1/s1. The van der Waals surface area contributed by atoms with E-state index in [1.165, 1.54) is 11.1 Å². The molecular weight excluding hydrogens is 474 g/mol. The molecule has 6 rings (SSSR count). The van der Waals surface area contributed by atoms with E-state index in [4.69, 9.17) is 18.9 Å². The zero-order valence-electron chi connectivity index (χ0n) is 17.3. The van der Waals surface area contributed by atoms with E-state index in [0.717, 1.165) is 46.6 Å². The van der Waals surface area contributed by atoms with E-state index in [1.54, 1.807) is 0 Å². The smallest absolute Gasteiger partial charge is 0.231 e. The Bertz CT molecular complexity index is 1170. The molecule has 6 nitrogen and oxygen atoms in total. The number of fused-ring (bicyclic) bond motifs is 3. The molecule has 0 aromatic heterocycles. The quantitative estimate of drug-likeness (QED) is 0.563. The molecule has 0 saturated heterocycles. The molecule has 3 heterocycles. The fraction of sp³-hybridized carbons (Fsp3) is 0.280. The number of aliphatic hydroxyl groups is 1. The Kier molecular flexibility index (Phi) is 4.97. The van der Waals surface area contributed by atoms with Gasteiger partial charge in [0.15, 0.2) is 23.0 Å². The normalized spacial score (nSPS) is 19.6. The van der Waals surface area contributed by atoms with E-state index in [9.17, 15) is 5.11 Å². The van der Waals surface area contributed by atoms with Gasteiger partial charge in [-0.25, -0.2) is 0 Å². The van der Waals surface area contributed by atoms with Gasteiger partial charge in [-0.2, -0.15) is 0 Å². The highest BCUT2D eigenvalue weighted by atomic mass is 79.9. The van der Waals surface area contributed by atoms with Gasteiger partial charge in [0.25, 0.3) is 0 Å². The summed E-state index contributed by atoms with van der Waals surface area (Å²) in [6.07, 6.45) is 0.0895. The lowest BCUT2D eigenvalue weighted by atomic mass is 9.86. The van der Waals surface area contributed by atoms with Crippen LogP contribution in [0.1, 0.15) is 34.4 Å². The summed E-state index contributed by atoms with van der Waals surface area (Å²) >= 11 is 3.65. The summed E-state index contributed by atoms with van der Waals surface area (Å²) in [6.45, 7) is 1.97. The summed E-state index contributed by atoms with van der Waals surface area (Å²) < 4.78 is 23.1. The zero-order chi connectivity index (χ0) is 21.7. The van der Waals surface area contributed by atoms with Crippen LogP contribution in [0.3, 0.4) is 0 Å². The molecule has 3 aromatic carbocycles. The Hall–Kier alpha value is -2.74. The van der Waals surface area contributed by atoms with E-state index in [0.29, 0.717) is 11.5 Å². The number of rotatable bonds is 4. The summed E-state index contributed by atoms with van der Waals surface area (Å²) in [6, 6.07) is 18.0. The second-order valence-corrected chi connectivity index (χ2v) is 9.00. The molecule has 0 unspecified atom stereocenters. The molecule has 7 heteroatoms. The predicted molar refractivity (Wildman–Crippen MR) is 121 cm³/mol. The first kappa shape index (κ1) is 19.9. The summed E-state index contributed by atoms with van der Waals surface area (Å²) in [5.74, 6) is 2.82. The molecule has 3 aliphatic heterocycles. The van der Waals surface area contributed by atoms with Gasteiger partial charge in [0.1, 0.15) is 0 Å². The van der Waals surface area contributed by atoms with Gasteiger partial charge in [-0.15, -0.1) is 0 Å². The van der Waals surface area contributed by atoms with E-state index in [2.05, 4.69) is 39.0 Å². The first-order valence-corrected chi connectivity index (χ1v) is 11.4. The fourth-order valence-electron chi connectivity index (χ4n) is 4.81. The molecule has 0 saturated carbocycles. The SMILES string of the molecule is O[C@@H](c1ccc2c(c1Br)OCO2)[C@H]1c2cc3c(cc2CCN1Cc1ccccc1)OCO3. The van der Waals surface area contributed by atoms with Crippen LogP contribution in [0.25, 0.3) is 0 Å². The van der Waals surface area contributed by atoms with Gasteiger partial charge >= 0.3 is 0 Å². The van der Waals surface area contributed by atoms with Crippen molar-refractivity contribution in [3.05, 3.63) is 81.3 Å².